The second-order valence-corrected chi connectivity index (χ2v) is 6.98. The fraction of sp³-hybridized carbons (Fsp3) is 1.00. The standard InChI is InChI=1S/C12H27NO6.C8H18/c1-2-3-4-5-6-13-19-8-10(16)12(18)11(17)9(15)7-14;1-3-5-7-8-6-4-2/h9-18H,2-8H2,1H3;3-8H2,1-2H3/t9-,10+,11-,12-;/m1./s1. The molecule has 0 saturated heterocycles. The number of hydrogen-bond donors (Lipinski definition) is 6. The van der Waals surface area contributed by atoms with Gasteiger partial charge in [0.25, 0.3) is 0 Å². The third kappa shape index (κ3) is 18.8. The molecule has 0 rings (SSSR count). The zero-order valence-corrected chi connectivity index (χ0v) is 17.6. The predicted molar refractivity (Wildman–Crippen MR) is 108 cm³/mol. The van der Waals surface area contributed by atoms with E-state index in [9.17, 15) is 15.3 Å². The summed E-state index contributed by atoms with van der Waals surface area (Å²) in [6.07, 6.45) is 6.81. The highest BCUT2D eigenvalue weighted by Gasteiger charge is 2.30. The van der Waals surface area contributed by atoms with E-state index >= 15 is 0 Å². The molecular formula is C20H45NO6. The SMILES string of the molecule is CCCCCCCC.CCCCCCNOC[C@H](O)[C@@H](O)[C@H](O)[C@H](O)CO. The molecule has 0 aromatic rings. The Morgan fingerprint density at radius 2 is 1.11 bits per heavy atom. The van der Waals surface area contributed by atoms with Crippen LogP contribution >= 0.6 is 0 Å². The summed E-state index contributed by atoms with van der Waals surface area (Å²) in [5, 5.41) is 46.1. The summed E-state index contributed by atoms with van der Waals surface area (Å²) in [5.41, 5.74) is 2.65. The molecule has 27 heavy (non-hydrogen) atoms. The van der Waals surface area contributed by atoms with Crippen molar-refractivity contribution in [2.45, 2.75) is 109 Å². The molecule has 4 atom stereocenters. The Kier molecular flexibility index (Phi) is 23.6. The number of hydrogen-bond acceptors (Lipinski definition) is 7. The van der Waals surface area contributed by atoms with Gasteiger partial charge in [-0.3, -0.25) is 4.84 Å². The molecule has 0 fully saturated rings. The minimum atomic E-state index is -1.62. The lowest BCUT2D eigenvalue weighted by molar-refractivity contribution is -0.137. The van der Waals surface area contributed by atoms with E-state index in [4.69, 9.17) is 15.1 Å². The molecular weight excluding hydrogens is 350 g/mol. The summed E-state index contributed by atoms with van der Waals surface area (Å²) < 4.78 is 0. The van der Waals surface area contributed by atoms with Gasteiger partial charge in [-0.25, -0.2) is 5.48 Å². The topological polar surface area (TPSA) is 122 Å². The lowest BCUT2D eigenvalue weighted by Crippen LogP contribution is -2.47. The van der Waals surface area contributed by atoms with Crippen molar-refractivity contribution in [2.75, 3.05) is 19.8 Å². The van der Waals surface area contributed by atoms with Crippen LogP contribution in [0, 0.1) is 0 Å². The molecule has 166 valence electrons. The molecule has 0 aliphatic carbocycles. The maximum atomic E-state index is 9.51. The van der Waals surface area contributed by atoms with E-state index in [0.29, 0.717) is 6.54 Å². The maximum absolute atomic E-state index is 9.51. The van der Waals surface area contributed by atoms with E-state index in [1.54, 1.807) is 0 Å². The number of aliphatic hydroxyl groups excluding tert-OH is 5. The van der Waals surface area contributed by atoms with Gasteiger partial charge in [-0.2, -0.15) is 0 Å². The van der Waals surface area contributed by atoms with Crippen molar-refractivity contribution >= 4 is 0 Å². The lowest BCUT2D eigenvalue weighted by atomic mass is 10.0. The Labute approximate surface area is 165 Å². The van der Waals surface area contributed by atoms with E-state index in [2.05, 4.69) is 26.3 Å². The average Bonchev–Trinajstić information content (AvgIpc) is 2.69. The van der Waals surface area contributed by atoms with Crippen LogP contribution in [0.4, 0.5) is 0 Å². The molecule has 0 aromatic heterocycles. The molecule has 0 aromatic carbocycles. The van der Waals surface area contributed by atoms with Crippen molar-refractivity contribution in [3.05, 3.63) is 0 Å². The lowest BCUT2D eigenvalue weighted by Gasteiger charge is -2.25. The quantitative estimate of drug-likeness (QED) is 0.164. The first-order chi connectivity index (χ1) is 13.0. The molecule has 7 nitrogen and oxygen atoms in total. The van der Waals surface area contributed by atoms with Gasteiger partial charge in [0.1, 0.15) is 24.4 Å². The Hall–Kier alpha value is -0.280. The Balaban J connectivity index is 0. The fourth-order valence-corrected chi connectivity index (χ4v) is 2.36. The Morgan fingerprint density at radius 1 is 0.667 bits per heavy atom. The predicted octanol–water partition coefficient (Wildman–Crippen LogP) is 1.89. The van der Waals surface area contributed by atoms with Gasteiger partial charge in [0.2, 0.25) is 0 Å². The molecule has 0 spiro atoms. The van der Waals surface area contributed by atoms with Crippen LogP contribution in [-0.4, -0.2) is 69.7 Å². The molecule has 0 heterocycles. The fourth-order valence-electron chi connectivity index (χ4n) is 2.36. The Bertz CT molecular complexity index is 277. The molecule has 0 saturated carbocycles. The minimum absolute atomic E-state index is 0.218. The van der Waals surface area contributed by atoms with E-state index in [1.165, 1.54) is 38.5 Å². The van der Waals surface area contributed by atoms with Crippen LogP contribution in [0.15, 0.2) is 0 Å². The molecule has 0 unspecified atom stereocenters. The van der Waals surface area contributed by atoms with Crippen LogP contribution in [0.1, 0.15) is 85.0 Å². The smallest absolute Gasteiger partial charge is 0.111 e. The zero-order valence-electron chi connectivity index (χ0n) is 17.6. The summed E-state index contributed by atoms with van der Waals surface area (Å²) in [5.74, 6) is 0. The summed E-state index contributed by atoms with van der Waals surface area (Å²) >= 11 is 0. The van der Waals surface area contributed by atoms with Gasteiger partial charge < -0.3 is 25.5 Å². The van der Waals surface area contributed by atoms with Gasteiger partial charge >= 0.3 is 0 Å². The van der Waals surface area contributed by atoms with Crippen LogP contribution < -0.4 is 5.48 Å². The van der Waals surface area contributed by atoms with E-state index < -0.39 is 31.0 Å². The highest BCUT2D eigenvalue weighted by atomic mass is 16.6. The number of hydroxylamine groups is 1. The highest BCUT2D eigenvalue weighted by molar-refractivity contribution is 4.80. The van der Waals surface area contributed by atoms with Gasteiger partial charge in [-0.15, -0.1) is 0 Å². The van der Waals surface area contributed by atoms with Crippen LogP contribution in [0.25, 0.3) is 0 Å². The summed E-state index contributed by atoms with van der Waals surface area (Å²) in [4.78, 5) is 4.95. The summed E-state index contributed by atoms with van der Waals surface area (Å²) in [6, 6.07) is 0. The second-order valence-electron chi connectivity index (χ2n) is 6.98. The molecule has 0 aliphatic rings. The third-order valence-electron chi connectivity index (χ3n) is 4.27. The largest absolute Gasteiger partial charge is 0.394 e. The van der Waals surface area contributed by atoms with Crippen molar-refractivity contribution in [2.24, 2.45) is 0 Å². The average molecular weight is 396 g/mol. The van der Waals surface area contributed by atoms with Crippen LogP contribution in [0.2, 0.25) is 0 Å². The van der Waals surface area contributed by atoms with Crippen molar-refractivity contribution in [1.82, 2.24) is 5.48 Å². The van der Waals surface area contributed by atoms with Gasteiger partial charge in [0.05, 0.1) is 13.2 Å². The second kappa shape index (κ2) is 22.0. The number of rotatable bonds is 17. The van der Waals surface area contributed by atoms with Crippen LogP contribution in [0.5, 0.6) is 0 Å². The van der Waals surface area contributed by atoms with E-state index in [-0.39, 0.29) is 6.61 Å². The van der Waals surface area contributed by atoms with Crippen molar-refractivity contribution in [3.8, 4) is 0 Å². The van der Waals surface area contributed by atoms with E-state index in [1.807, 2.05) is 0 Å². The number of unbranched alkanes of at least 4 members (excludes halogenated alkanes) is 8. The van der Waals surface area contributed by atoms with Gasteiger partial charge in [0.15, 0.2) is 0 Å². The number of nitrogens with one attached hydrogen (secondary N) is 1. The van der Waals surface area contributed by atoms with E-state index in [0.717, 1.165) is 25.7 Å². The van der Waals surface area contributed by atoms with Gasteiger partial charge in [0, 0.05) is 6.54 Å². The molecule has 0 amide bonds. The van der Waals surface area contributed by atoms with Gasteiger partial charge in [-0.1, -0.05) is 78.6 Å². The zero-order chi connectivity index (χ0) is 20.9. The summed E-state index contributed by atoms with van der Waals surface area (Å²) in [6.45, 7) is 6.36. The summed E-state index contributed by atoms with van der Waals surface area (Å²) in [7, 11) is 0. The molecule has 0 bridgehead atoms. The van der Waals surface area contributed by atoms with Crippen molar-refractivity contribution in [1.29, 1.82) is 0 Å². The third-order valence-corrected chi connectivity index (χ3v) is 4.27. The normalized spacial score (nSPS) is 15.6. The Morgan fingerprint density at radius 3 is 1.56 bits per heavy atom. The van der Waals surface area contributed by atoms with Crippen molar-refractivity contribution < 1.29 is 30.4 Å². The van der Waals surface area contributed by atoms with Crippen LogP contribution in [0.3, 0.4) is 0 Å². The first-order valence-corrected chi connectivity index (χ1v) is 10.6. The first kappa shape index (κ1) is 28.9. The molecule has 6 N–H and O–H groups in total. The number of aliphatic hydroxyl groups is 5. The highest BCUT2D eigenvalue weighted by Crippen LogP contribution is 2.05. The molecule has 0 aliphatic heterocycles. The van der Waals surface area contributed by atoms with Gasteiger partial charge in [-0.05, 0) is 6.42 Å². The minimum Gasteiger partial charge on any atom is -0.394 e. The van der Waals surface area contributed by atoms with Crippen molar-refractivity contribution in [3.63, 3.8) is 0 Å². The maximum Gasteiger partial charge on any atom is 0.111 e. The molecule has 0 radical (unpaired) electrons. The monoisotopic (exact) mass is 395 g/mol. The van der Waals surface area contributed by atoms with Crippen LogP contribution in [-0.2, 0) is 4.84 Å². The molecule has 7 heteroatoms. The first-order valence-electron chi connectivity index (χ1n) is 10.6.